The van der Waals surface area contributed by atoms with Crippen molar-refractivity contribution in [2.45, 2.75) is 32.4 Å². The molecule has 0 aromatic carbocycles. The first-order chi connectivity index (χ1) is 6.82. The van der Waals surface area contributed by atoms with Crippen molar-refractivity contribution in [2.75, 3.05) is 18.8 Å². The fraction of sp³-hybridized carbons (Fsp3) is 0.900. The van der Waals surface area contributed by atoms with Crippen LogP contribution >= 0.6 is 0 Å². The van der Waals surface area contributed by atoms with E-state index < -0.39 is 16.9 Å². The van der Waals surface area contributed by atoms with Crippen molar-refractivity contribution in [1.82, 2.24) is 4.90 Å². The van der Waals surface area contributed by atoms with Crippen LogP contribution in [0, 0.1) is 5.41 Å². The zero-order chi connectivity index (χ0) is 11.6. The minimum absolute atomic E-state index is 0.0992. The van der Waals surface area contributed by atoms with Crippen LogP contribution in [0.2, 0.25) is 0 Å². The molecule has 0 aromatic rings. The number of carbonyl (C=O) groups excluding carboxylic acids is 1. The first-order valence-corrected chi connectivity index (χ1v) is 6.53. The van der Waals surface area contributed by atoms with E-state index in [9.17, 15) is 14.1 Å². The molecule has 0 aromatic heterocycles. The van der Waals surface area contributed by atoms with Crippen molar-refractivity contribution in [3.63, 3.8) is 0 Å². The first kappa shape index (κ1) is 12.5. The van der Waals surface area contributed by atoms with E-state index in [2.05, 4.69) is 0 Å². The number of carboxylic acid groups (broad SMARTS) is 1. The Morgan fingerprint density at radius 2 is 2.07 bits per heavy atom. The van der Waals surface area contributed by atoms with Crippen LogP contribution in [0.1, 0.15) is 27.2 Å². The second-order valence-electron chi connectivity index (χ2n) is 5.01. The molecule has 1 aliphatic rings. The Kier molecular flexibility index (Phi) is 3.76. The molecular weight excluding hydrogens is 214 g/mol. The van der Waals surface area contributed by atoms with Gasteiger partial charge in [-0.1, -0.05) is 20.8 Å². The first-order valence-electron chi connectivity index (χ1n) is 5.15. The molecular formula is C10H18NO3S-. The molecule has 1 rings (SSSR count). The van der Waals surface area contributed by atoms with Crippen LogP contribution in [0.5, 0.6) is 0 Å². The monoisotopic (exact) mass is 232 g/mol. The summed E-state index contributed by atoms with van der Waals surface area (Å²) in [7, 11) is -0.935. The minimum atomic E-state index is -1.15. The molecule has 1 fully saturated rings. The Bertz CT molecular complexity index is 272. The molecule has 1 amide bonds. The highest BCUT2D eigenvalue weighted by Gasteiger charge is 2.33. The molecule has 2 atom stereocenters. The number of nitrogens with zero attached hydrogens (tertiary/aromatic N) is 1. The predicted molar refractivity (Wildman–Crippen MR) is 57.8 cm³/mol. The van der Waals surface area contributed by atoms with Crippen molar-refractivity contribution in [3.8, 4) is 0 Å². The molecule has 1 heterocycles. The lowest BCUT2D eigenvalue weighted by Crippen LogP contribution is -2.47. The summed E-state index contributed by atoms with van der Waals surface area (Å²) in [5.41, 5.74) is -0.136. The molecule has 0 spiro atoms. The van der Waals surface area contributed by atoms with E-state index in [4.69, 9.17) is 0 Å². The number of rotatable bonds is 0. The second-order valence-corrected chi connectivity index (χ2v) is 6.74. The van der Waals surface area contributed by atoms with E-state index in [0.29, 0.717) is 25.3 Å². The highest BCUT2D eigenvalue weighted by Crippen LogP contribution is 2.27. The van der Waals surface area contributed by atoms with E-state index in [0.717, 1.165) is 0 Å². The lowest BCUT2D eigenvalue weighted by Gasteiger charge is -2.33. The minimum Gasteiger partial charge on any atom is -0.530 e. The Hall–Kier alpha value is -0.580. The molecule has 1 saturated heterocycles. The van der Waals surface area contributed by atoms with Crippen LogP contribution in [0.15, 0.2) is 0 Å². The van der Waals surface area contributed by atoms with Gasteiger partial charge in [-0.15, -0.1) is 0 Å². The zero-order valence-electron chi connectivity index (χ0n) is 9.49. The van der Waals surface area contributed by atoms with Gasteiger partial charge in [-0.2, -0.15) is 0 Å². The van der Waals surface area contributed by atoms with E-state index in [1.807, 2.05) is 20.8 Å². The number of carbonyl (C=O) groups is 1. The molecule has 88 valence electrons. The van der Waals surface area contributed by atoms with Crippen molar-refractivity contribution >= 4 is 16.9 Å². The van der Waals surface area contributed by atoms with Crippen molar-refractivity contribution < 1.29 is 14.1 Å². The number of hydrogen-bond donors (Lipinski definition) is 0. The van der Waals surface area contributed by atoms with E-state index in [1.165, 1.54) is 4.90 Å². The van der Waals surface area contributed by atoms with Crippen molar-refractivity contribution in [1.29, 1.82) is 0 Å². The normalized spacial score (nSPS) is 28.6. The third-order valence-corrected chi connectivity index (χ3v) is 4.88. The standard InChI is InChI=1S/C10H19NO3S/c1-10(2,3)8-7-11(9(12)13)5-4-6-15(8)14/h8H,4-7H2,1-3H3,(H,12,13)/p-1. The molecule has 4 nitrogen and oxygen atoms in total. The smallest absolute Gasteiger partial charge is 0.136 e. The maximum atomic E-state index is 11.9. The summed E-state index contributed by atoms with van der Waals surface area (Å²) >= 11 is 0. The topological polar surface area (TPSA) is 60.4 Å². The third-order valence-electron chi connectivity index (χ3n) is 2.70. The molecule has 2 unspecified atom stereocenters. The van der Waals surface area contributed by atoms with E-state index >= 15 is 0 Å². The lowest BCUT2D eigenvalue weighted by molar-refractivity contribution is -0.265. The van der Waals surface area contributed by atoms with Gasteiger partial charge in [-0.3, -0.25) is 4.21 Å². The zero-order valence-corrected chi connectivity index (χ0v) is 10.3. The predicted octanol–water partition coefficient (Wildman–Crippen LogP) is 0.199. The summed E-state index contributed by atoms with van der Waals surface area (Å²) in [4.78, 5) is 12.1. The molecule has 15 heavy (non-hydrogen) atoms. The lowest BCUT2D eigenvalue weighted by atomic mass is 9.91. The van der Waals surface area contributed by atoms with Crippen LogP contribution < -0.4 is 5.11 Å². The Labute approximate surface area is 93.1 Å². The summed E-state index contributed by atoms with van der Waals surface area (Å²) in [5, 5.41) is 10.7. The average molecular weight is 232 g/mol. The number of amides is 1. The largest absolute Gasteiger partial charge is 0.530 e. The fourth-order valence-electron chi connectivity index (χ4n) is 1.75. The molecule has 0 radical (unpaired) electrons. The van der Waals surface area contributed by atoms with Gasteiger partial charge < -0.3 is 14.8 Å². The molecule has 1 aliphatic heterocycles. The highest BCUT2D eigenvalue weighted by atomic mass is 32.2. The number of hydrogen-bond acceptors (Lipinski definition) is 3. The van der Waals surface area contributed by atoms with E-state index in [-0.39, 0.29) is 10.7 Å². The highest BCUT2D eigenvalue weighted by molar-refractivity contribution is 7.85. The maximum absolute atomic E-state index is 11.9. The summed E-state index contributed by atoms with van der Waals surface area (Å²) in [6.45, 7) is 6.76. The SMILES string of the molecule is CC(C)(C)C1CN(C(=O)[O-])CCCS1=O. The Morgan fingerprint density at radius 1 is 1.47 bits per heavy atom. The Balaban J connectivity index is 2.83. The van der Waals surface area contributed by atoms with Gasteiger partial charge >= 0.3 is 0 Å². The van der Waals surface area contributed by atoms with Crippen LogP contribution in [-0.4, -0.2) is 39.3 Å². The van der Waals surface area contributed by atoms with Gasteiger partial charge in [-0.05, 0) is 11.8 Å². The van der Waals surface area contributed by atoms with Gasteiger partial charge in [0.2, 0.25) is 0 Å². The van der Waals surface area contributed by atoms with E-state index in [1.54, 1.807) is 0 Å². The molecule has 0 bridgehead atoms. The fourth-order valence-corrected chi connectivity index (χ4v) is 3.58. The summed E-state index contributed by atoms with van der Waals surface area (Å²) in [5.74, 6) is 0.589. The van der Waals surface area contributed by atoms with Crippen molar-refractivity contribution in [2.24, 2.45) is 5.41 Å². The Morgan fingerprint density at radius 3 is 2.53 bits per heavy atom. The third kappa shape index (κ3) is 3.19. The van der Waals surface area contributed by atoms with Gasteiger partial charge in [-0.25, -0.2) is 0 Å². The summed E-state index contributed by atoms with van der Waals surface area (Å²) in [6.07, 6.45) is -0.490. The average Bonchev–Trinajstić information content (AvgIpc) is 2.25. The second kappa shape index (κ2) is 4.51. The van der Waals surface area contributed by atoms with Gasteiger partial charge in [0, 0.05) is 29.6 Å². The van der Waals surface area contributed by atoms with Crippen molar-refractivity contribution in [3.05, 3.63) is 0 Å². The summed E-state index contributed by atoms with van der Waals surface area (Å²) < 4.78 is 11.9. The molecule has 0 aliphatic carbocycles. The summed E-state index contributed by atoms with van der Waals surface area (Å²) in [6, 6.07) is 0. The molecule has 0 N–H and O–H groups in total. The van der Waals surface area contributed by atoms with Gasteiger partial charge in [0.15, 0.2) is 0 Å². The van der Waals surface area contributed by atoms with Crippen LogP contribution in [-0.2, 0) is 10.8 Å². The quantitative estimate of drug-likeness (QED) is 0.599. The maximum Gasteiger partial charge on any atom is 0.136 e. The molecule has 5 heteroatoms. The van der Waals surface area contributed by atoms with Crippen LogP contribution in [0.4, 0.5) is 4.79 Å². The van der Waals surface area contributed by atoms with Gasteiger partial charge in [0.05, 0.1) is 5.25 Å². The van der Waals surface area contributed by atoms with Gasteiger partial charge in [0.25, 0.3) is 0 Å². The van der Waals surface area contributed by atoms with Crippen LogP contribution in [0.25, 0.3) is 0 Å². The molecule has 0 saturated carbocycles. The van der Waals surface area contributed by atoms with Crippen LogP contribution in [0.3, 0.4) is 0 Å². The van der Waals surface area contributed by atoms with Gasteiger partial charge in [0.1, 0.15) is 6.09 Å².